The fourth-order valence-electron chi connectivity index (χ4n) is 0.983. The summed E-state index contributed by atoms with van der Waals surface area (Å²) in [5.41, 5.74) is -0.0689. The topological polar surface area (TPSA) is 74.8 Å². The van der Waals surface area contributed by atoms with Gasteiger partial charge < -0.3 is 5.32 Å². The number of carbonyl (C=O) groups is 1. The third-order valence-corrected chi connectivity index (χ3v) is 2.52. The van der Waals surface area contributed by atoms with Crippen LogP contribution in [0.3, 0.4) is 0 Å². The van der Waals surface area contributed by atoms with E-state index in [4.69, 9.17) is 0 Å². The van der Waals surface area contributed by atoms with E-state index in [2.05, 4.69) is 38.1 Å². The second kappa shape index (κ2) is 6.54. The highest BCUT2D eigenvalue weighted by molar-refractivity contribution is 14.1. The van der Waals surface area contributed by atoms with Gasteiger partial charge in [0.25, 0.3) is 11.5 Å². The Hall–Kier alpha value is -0.920. The summed E-state index contributed by atoms with van der Waals surface area (Å²) in [4.78, 5) is 22.1. The van der Waals surface area contributed by atoms with Crippen LogP contribution in [0.15, 0.2) is 16.9 Å². The monoisotopic (exact) mass is 321 g/mol. The van der Waals surface area contributed by atoms with E-state index in [1.807, 2.05) is 0 Å². The summed E-state index contributed by atoms with van der Waals surface area (Å²) in [6.07, 6.45) is 2.04. The van der Waals surface area contributed by atoms with E-state index in [0.29, 0.717) is 6.54 Å². The summed E-state index contributed by atoms with van der Waals surface area (Å²) < 4.78 is 1.09. The van der Waals surface area contributed by atoms with Gasteiger partial charge in [-0.15, -0.1) is 0 Å². The Morgan fingerprint density at radius 3 is 2.87 bits per heavy atom. The van der Waals surface area contributed by atoms with Crippen molar-refractivity contribution in [1.82, 2.24) is 15.5 Å². The molecule has 0 aliphatic heterocycles. The number of halogens is 1. The van der Waals surface area contributed by atoms with E-state index in [1.165, 1.54) is 12.1 Å². The van der Waals surface area contributed by atoms with E-state index in [9.17, 15) is 9.59 Å². The fraction of sp³-hybridized carbons (Fsp3) is 0.444. The second-order valence-corrected chi connectivity index (χ2v) is 4.04. The Balaban J connectivity index is 2.40. The maximum atomic E-state index is 11.4. The third kappa shape index (κ3) is 4.41. The minimum atomic E-state index is -0.309. The molecule has 0 aliphatic carbocycles. The summed E-state index contributed by atoms with van der Waals surface area (Å²) in [5.74, 6) is -0.250. The molecular formula is C9H12IN3O2. The Bertz CT molecular complexity index is 357. The first-order valence-corrected chi connectivity index (χ1v) is 6.16. The van der Waals surface area contributed by atoms with Crippen LogP contribution in [-0.2, 0) is 0 Å². The first kappa shape index (κ1) is 12.2. The summed E-state index contributed by atoms with van der Waals surface area (Å²) >= 11 is 2.29. The molecule has 0 spiro atoms. The molecule has 6 heteroatoms. The van der Waals surface area contributed by atoms with Crippen LogP contribution >= 0.6 is 22.6 Å². The van der Waals surface area contributed by atoms with E-state index < -0.39 is 0 Å². The van der Waals surface area contributed by atoms with E-state index in [1.54, 1.807) is 0 Å². The fourth-order valence-corrected chi connectivity index (χ4v) is 1.52. The number of hydrogen-bond donors (Lipinski definition) is 2. The number of carbonyl (C=O) groups excluding carboxylic acids is 1. The molecule has 2 N–H and O–H groups in total. The van der Waals surface area contributed by atoms with Crippen molar-refractivity contribution in [1.29, 1.82) is 0 Å². The molecule has 1 heterocycles. The third-order valence-electron chi connectivity index (χ3n) is 1.76. The zero-order valence-electron chi connectivity index (χ0n) is 8.12. The van der Waals surface area contributed by atoms with Crippen LogP contribution < -0.4 is 10.9 Å². The molecule has 0 bridgehead atoms. The number of hydrogen-bond acceptors (Lipinski definition) is 3. The normalized spacial score (nSPS) is 9.93. The van der Waals surface area contributed by atoms with Crippen molar-refractivity contribution < 1.29 is 4.79 Å². The molecule has 0 saturated heterocycles. The Morgan fingerprint density at radius 1 is 1.47 bits per heavy atom. The summed E-state index contributed by atoms with van der Waals surface area (Å²) in [5, 5.41) is 8.57. The van der Waals surface area contributed by atoms with Crippen LogP contribution in [0.4, 0.5) is 0 Å². The van der Waals surface area contributed by atoms with Crippen molar-refractivity contribution in [2.45, 2.75) is 12.8 Å². The number of aromatic amines is 1. The predicted molar refractivity (Wildman–Crippen MR) is 65.3 cm³/mol. The standard InChI is InChI=1S/C9H12IN3O2/c10-5-1-2-6-11-9(15)7-3-4-8(14)13-12-7/h3-4H,1-2,5-6H2,(H,11,15)(H,13,14). The van der Waals surface area contributed by atoms with Gasteiger partial charge in [-0.25, -0.2) is 5.10 Å². The Kier molecular flexibility index (Phi) is 5.30. The van der Waals surface area contributed by atoms with Crippen LogP contribution in [0.1, 0.15) is 23.3 Å². The Labute approximate surface area is 101 Å². The molecule has 0 aliphatic rings. The summed E-state index contributed by atoms with van der Waals surface area (Å²) in [6, 6.07) is 2.69. The van der Waals surface area contributed by atoms with Crippen molar-refractivity contribution >= 4 is 28.5 Å². The first-order valence-electron chi connectivity index (χ1n) is 4.64. The van der Waals surface area contributed by atoms with E-state index in [0.717, 1.165) is 17.3 Å². The largest absolute Gasteiger partial charge is 0.351 e. The number of unbranched alkanes of at least 4 members (excludes halogenated alkanes) is 1. The zero-order valence-corrected chi connectivity index (χ0v) is 10.3. The van der Waals surface area contributed by atoms with Gasteiger partial charge in [-0.1, -0.05) is 22.6 Å². The quantitative estimate of drug-likeness (QED) is 0.477. The average molecular weight is 321 g/mol. The molecule has 15 heavy (non-hydrogen) atoms. The van der Waals surface area contributed by atoms with Crippen LogP contribution in [0.25, 0.3) is 0 Å². The molecule has 0 saturated carbocycles. The number of aromatic nitrogens is 2. The lowest BCUT2D eigenvalue weighted by molar-refractivity contribution is 0.0947. The molecule has 1 amide bonds. The van der Waals surface area contributed by atoms with Crippen LogP contribution in [0, 0.1) is 0 Å². The van der Waals surface area contributed by atoms with Crippen molar-refractivity contribution in [3.05, 3.63) is 28.2 Å². The first-order chi connectivity index (χ1) is 7.24. The number of nitrogens with zero attached hydrogens (tertiary/aromatic N) is 1. The molecule has 0 radical (unpaired) electrons. The van der Waals surface area contributed by atoms with Gasteiger partial charge in [0.2, 0.25) is 0 Å². The second-order valence-electron chi connectivity index (χ2n) is 2.96. The lowest BCUT2D eigenvalue weighted by atomic mass is 10.3. The molecule has 82 valence electrons. The molecule has 1 aromatic rings. The van der Waals surface area contributed by atoms with Crippen LogP contribution in [0.2, 0.25) is 0 Å². The highest BCUT2D eigenvalue weighted by atomic mass is 127. The van der Waals surface area contributed by atoms with E-state index in [-0.39, 0.29) is 17.2 Å². The van der Waals surface area contributed by atoms with Crippen LogP contribution in [0.5, 0.6) is 0 Å². The summed E-state index contributed by atoms with van der Waals surface area (Å²) in [7, 11) is 0. The van der Waals surface area contributed by atoms with Gasteiger partial charge in [-0.3, -0.25) is 9.59 Å². The molecule has 0 unspecified atom stereocenters. The van der Waals surface area contributed by atoms with Gasteiger partial charge >= 0.3 is 0 Å². The Morgan fingerprint density at radius 2 is 2.27 bits per heavy atom. The number of H-pyrrole nitrogens is 1. The maximum absolute atomic E-state index is 11.4. The average Bonchev–Trinajstić information content (AvgIpc) is 2.25. The van der Waals surface area contributed by atoms with Gasteiger partial charge in [-0.2, -0.15) is 5.10 Å². The minimum absolute atomic E-state index is 0.240. The number of nitrogens with one attached hydrogen (secondary N) is 2. The minimum Gasteiger partial charge on any atom is -0.351 e. The molecule has 0 atom stereocenters. The lowest BCUT2D eigenvalue weighted by Crippen LogP contribution is -2.26. The smallest absolute Gasteiger partial charge is 0.271 e. The number of alkyl halides is 1. The highest BCUT2D eigenvalue weighted by Gasteiger charge is 2.05. The molecule has 0 aromatic carbocycles. The molecule has 5 nitrogen and oxygen atoms in total. The van der Waals surface area contributed by atoms with Crippen molar-refractivity contribution in [2.24, 2.45) is 0 Å². The number of rotatable bonds is 5. The van der Waals surface area contributed by atoms with Crippen molar-refractivity contribution in [2.75, 3.05) is 11.0 Å². The summed E-state index contributed by atoms with van der Waals surface area (Å²) in [6.45, 7) is 0.642. The molecule has 1 aromatic heterocycles. The molecule has 1 rings (SSSR count). The van der Waals surface area contributed by atoms with Gasteiger partial charge in [0, 0.05) is 12.6 Å². The zero-order chi connectivity index (χ0) is 11.1. The maximum Gasteiger partial charge on any atom is 0.271 e. The van der Waals surface area contributed by atoms with Crippen molar-refractivity contribution in [3.8, 4) is 0 Å². The van der Waals surface area contributed by atoms with E-state index >= 15 is 0 Å². The van der Waals surface area contributed by atoms with Gasteiger partial charge in [0.05, 0.1) is 0 Å². The molecule has 0 fully saturated rings. The molecular weight excluding hydrogens is 309 g/mol. The van der Waals surface area contributed by atoms with Gasteiger partial charge in [-0.05, 0) is 23.3 Å². The van der Waals surface area contributed by atoms with Gasteiger partial charge in [0.15, 0.2) is 0 Å². The highest BCUT2D eigenvalue weighted by Crippen LogP contribution is 1.93. The number of amides is 1. The lowest BCUT2D eigenvalue weighted by Gasteiger charge is -2.02. The van der Waals surface area contributed by atoms with Crippen molar-refractivity contribution in [3.63, 3.8) is 0 Å². The predicted octanol–water partition coefficient (Wildman–Crippen LogP) is 0.715. The SMILES string of the molecule is O=C(NCCCCI)c1ccc(=O)[nH]n1. The van der Waals surface area contributed by atoms with Gasteiger partial charge in [0.1, 0.15) is 5.69 Å². The van der Waals surface area contributed by atoms with Crippen LogP contribution in [-0.4, -0.2) is 27.1 Å².